The molecule has 2 aromatic heterocycles. The van der Waals surface area contributed by atoms with Gasteiger partial charge in [-0.05, 0) is 42.8 Å². The zero-order valence-electron chi connectivity index (χ0n) is 19.3. The molecule has 5 rings (SSSR count). The lowest BCUT2D eigenvalue weighted by molar-refractivity contribution is 0.0932. The first-order valence-electron chi connectivity index (χ1n) is 11.2. The normalized spacial score (nSPS) is 11.9. The number of methoxy groups -OCH3 is 1. The van der Waals surface area contributed by atoms with E-state index in [1.54, 1.807) is 17.7 Å². The zero-order valence-corrected chi connectivity index (χ0v) is 20.0. The van der Waals surface area contributed by atoms with Crippen molar-refractivity contribution >= 4 is 23.2 Å². The third-order valence-electron chi connectivity index (χ3n) is 5.83. The Morgan fingerprint density at radius 2 is 1.66 bits per heavy atom. The maximum atomic E-state index is 13.5. The molecule has 0 bridgehead atoms. The Bertz CT molecular complexity index is 1500. The monoisotopic (exact) mass is 482 g/mol. The number of hydrogen-bond acceptors (Lipinski definition) is 4. The highest BCUT2D eigenvalue weighted by molar-refractivity contribution is 6.30. The molecule has 0 saturated heterocycles. The number of benzene rings is 3. The van der Waals surface area contributed by atoms with Crippen LogP contribution in [0.3, 0.4) is 0 Å². The van der Waals surface area contributed by atoms with Crippen LogP contribution in [0.5, 0.6) is 5.75 Å². The number of rotatable bonds is 6. The van der Waals surface area contributed by atoms with Crippen molar-refractivity contribution < 1.29 is 9.53 Å². The molecule has 1 atom stereocenters. The number of aromatic nitrogens is 3. The van der Waals surface area contributed by atoms with Crippen molar-refractivity contribution in [2.45, 2.75) is 13.0 Å². The standard InChI is InChI=1S/C28H23ClN4O2/c1-18(19-8-4-3-5-9-19)30-28(34)25-16-24(22-10-6-7-11-26(22)35-2)31-27-17-23(32-33(25)27)20-12-14-21(29)15-13-20/h3-18H,1-2H3,(H,30,34). The van der Waals surface area contributed by atoms with Gasteiger partial charge < -0.3 is 10.1 Å². The van der Waals surface area contributed by atoms with Gasteiger partial charge in [-0.3, -0.25) is 4.79 Å². The molecular formula is C28H23ClN4O2. The minimum absolute atomic E-state index is 0.187. The van der Waals surface area contributed by atoms with Gasteiger partial charge >= 0.3 is 0 Å². The SMILES string of the molecule is COc1ccccc1-c1cc(C(=O)NC(C)c2ccccc2)n2nc(-c3ccc(Cl)cc3)cc2n1. The van der Waals surface area contributed by atoms with Crippen molar-refractivity contribution in [1.29, 1.82) is 0 Å². The molecular weight excluding hydrogens is 460 g/mol. The van der Waals surface area contributed by atoms with Crippen molar-refractivity contribution in [2.24, 2.45) is 0 Å². The smallest absolute Gasteiger partial charge is 0.270 e. The van der Waals surface area contributed by atoms with Gasteiger partial charge in [-0.15, -0.1) is 0 Å². The molecule has 0 fully saturated rings. The van der Waals surface area contributed by atoms with E-state index < -0.39 is 0 Å². The number of ether oxygens (including phenoxy) is 1. The van der Waals surface area contributed by atoms with E-state index in [0.29, 0.717) is 33.5 Å². The average Bonchev–Trinajstić information content (AvgIpc) is 3.33. The van der Waals surface area contributed by atoms with E-state index >= 15 is 0 Å². The largest absolute Gasteiger partial charge is 0.496 e. The van der Waals surface area contributed by atoms with Crippen molar-refractivity contribution in [2.75, 3.05) is 7.11 Å². The third-order valence-corrected chi connectivity index (χ3v) is 6.08. The number of para-hydroxylation sites is 1. The summed E-state index contributed by atoms with van der Waals surface area (Å²) in [5.41, 5.74) is 4.92. The van der Waals surface area contributed by atoms with Crippen molar-refractivity contribution in [3.63, 3.8) is 0 Å². The number of amides is 1. The molecule has 5 aromatic rings. The molecule has 1 unspecified atom stereocenters. The number of fused-ring (bicyclic) bond motifs is 1. The highest BCUT2D eigenvalue weighted by atomic mass is 35.5. The Labute approximate surface area is 208 Å². The Morgan fingerprint density at radius 1 is 0.943 bits per heavy atom. The predicted octanol–water partition coefficient (Wildman–Crippen LogP) is 6.22. The summed E-state index contributed by atoms with van der Waals surface area (Å²) >= 11 is 6.06. The van der Waals surface area contributed by atoms with Gasteiger partial charge in [0.25, 0.3) is 5.91 Å². The maximum absolute atomic E-state index is 13.5. The molecule has 174 valence electrons. The molecule has 0 aliphatic heterocycles. The van der Waals surface area contributed by atoms with Crippen LogP contribution in [0.4, 0.5) is 0 Å². The maximum Gasteiger partial charge on any atom is 0.270 e. The van der Waals surface area contributed by atoms with Crippen LogP contribution in [0, 0.1) is 0 Å². The lowest BCUT2D eigenvalue weighted by atomic mass is 10.1. The molecule has 0 radical (unpaired) electrons. The summed E-state index contributed by atoms with van der Waals surface area (Å²) in [6, 6.07) is 28.2. The Kier molecular flexibility index (Phi) is 6.21. The van der Waals surface area contributed by atoms with Crippen LogP contribution in [-0.2, 0) is 0 Å². The van der Waals surface area contributed by atoms with Gasteiger partial charge in [-0.25, -0.2) is 9.50 Å². The minimum Gasteiger partial charge on any atom is -0.496 e. The molecule has 7 heteroatoms. The van der Waals surface area contributed by atoms with E-state index in [0.717, 1.165) is 16.7 Å². The summed E-state index contributed by atoms with van der Waals surface area (Å²) in [5, 5.41) is 8.44. The van der Waals surface area contributed by atoms with Crippen molar-refractivity contribution in [1.82, 2.24) is 19.9 Å². The Balaban J connectivity index is 1.63. The summed E-state index contributed by atoms with van der Waals surface area (Å²) in [4.78, 5) is 18.3. The van der Waals surface area contributed by atoms with E-state index in [1.165, 1.54) is 0 Å². The molecule has 0 aliphatic rings. The van der Waals surface area contributed by atoms with Crippen LogP contribution in [0.25, 0.3) is 28.2 Å². The summed E-state index contributed by atoms with van der Waals surface area (Å²) in [7, 11) is 1.62. The predicted molar refractivity (Wildman–Crippen MR) is 138 cm³/mol. The number of nitrogens with zero attached hydrogens (tertiary/aromatic N) is 3. The fourth-order valence-corrected chi connectivity index (χ4v) is 4.11. The van der Waals surface area contributed by atoms with E-state index in [-0.39, 0.29) is 11.9 Å². The van der Waals surface area contributed by atoms with E-state index in [1.807, 2.05) is 91.9 Å². The third kappa shape index (κ3) is 4.61. The van der Waals surface area contributed by atoms with Crippen molar-refractivity contribution in [3.8, 4) is 28.3 Å². The van der Waals surface area contributed by atoms with Gasteiger partial charge in [-0.1, -0.05) is 66.2 Å². The Morgan fingerprint density at radius 3 is 2.40 bits per heavy atom. The quantitative estimate of drug-likeness (QED) is 0.312. The molecule has 0 saturated carbocycles. The highest BCUT2D eigenvalue weighted by Crippen LogP contribution is 2.30. The molecule has 1 amide bonds. The van der Waals surface area contributed by atoms with Crippen molar-refractivity contribution in [3.05, 3.63) is 107 Å². The first kappa shape index (κ1) is 22.6. The zero-order chi connectivity index (χ0) is 24.4. The second-order valence-electron chi connectivity index (χ2n) is 8.14. The van der Waals surface area contributed by atoms with Gasteiger partial charge in [0.05, 0.1) is 24.5 Å². The fourth-order valence-electron chi connectivity index (χ4n) is 3.99. The molecule has 0 aliphatic carbocycles. The average molecular weight is 483 g/mol. The van der Waals surface area contributed by atoms with Crippen LogP contribution >= 0.6 is 11.6 Å². The van der Waals surface area contributed by atoms with Crippen LogP contribution in [0.2, 0.25) is 5.02 Å². The number of carbonyl (C=O) groups is 1. The van der Waals surface area contributed by atoms with Crippen LogP contribution < -0.4 is 10.1 Å². The lowest BCUT2D eigenvalue weighted by Crippen LogP contribution is -2.28. The second kappa shape index (κ2) is 9.60. The van der Waals surface area contributed by atoms with E-state index in [2.05, 4.69) is 5.32 Å². The molecule has 2 heterocycles. The highest BCUT2D eigenvalue weighted by Gasteiger charge is 2.20. The van der Waals surface area contributed by atoms with Gasteiger partial charge in [0, 0.05) is 22.2 Å². The van der Waals surface area contributed by atoms with E-state index in [4.69, 9.17) is 26.4 Å². The molecule has 3 aromatic carbocycles. The fraction of sp³-hybridized carbons (Fsp3) is 0.107. The minimum atomic E-state index is -0.254. The summed E-state index contributed by atoms with van der Waals surface area (Å²) in [5.74, 6) is 0.418. The first-order valence-corrected chi connectivity index (χ1v) is 11.6. The molecule has 35 heavy (non-hydrogen) atoms. The molecule has 0 spiro atoms. The summed E-state index contributed by atoms with van der Waals surface area (Å²) < 4.78 is 7.12. The number of carbonyl (C=O) groups excluding carboxylic acids is 1. The topological polar surface area (TPSA) is 68.5 Å². The second-order valence-corrected chi connectivity index (χ2v) is 8.58. The number of halogens is 1. The molecule has 6 nitrogen and oxygen atoms in total. The van der Waals surface area contributed by atoms with Crippen LogP contribution in [0.15, 0.2) is 91.0 Å². The first-order chi connectivity index (χ1) is 17.0. The van der Waals surface area contributed by atoms with Gasteiger partial charge in [-0.2, -0.15) is 5.10 Å². The van der Waals surface area contributed by atoms with Crippen LogP contribution in [0.1, 0.15) is 29.0 Å². The Hall–Kier alpha value is -4.16. The van der Waals surface area contributed by atoms with Gasteiger partial charge in [0.2, 0.25) is 0 Å². The summed E-state index contributed by atoms with van der Waals surface area (Å²) in [6.07, 6.45) is 0. The van der Waals surface area contributed by atoms with Gasteiger partial charge in [0.1, 0.15) is 11.4 Å². The number of nitrogens with one attached hydrogen (secondary N) is 1. The van der Waals surface area contributed by atoms with Crippen LogP contribution in [-0.4, -0.2) is 27.6 Å². The lowest BCUT2D eigenvalue weighted by Gasteiger charge is -2.15. The number of hydrogen-bond donors (Lipinski definition) is 1. The van der Waals surface area contributed by atoms with Gasteiger partial charge in [0.15, 0.2) is 5.65 Å². The summed E-state index contributed by atoms with van der Waals surface area (Å²) in [6.45, 7) is 1.95. The van der Waals surface area contributed by atoms with E-state index in [9.17, 15) is 4.79 Å². The molecule has 1 N–H and O–H groups in total.